The third kappa shape index (κ3) is 5.41. The molecule has 21 heavy (non-hydrogen) atoms. The van der Waals surface area contributed by atoms with Crippen LogP contribution in [0.25, 0.3) is 6.08 Å². The van der Waals surface area contributed by atoms with E-state index in [-0.39, 0.29) is 6.61 Å². The third-order valence-electron chi connectivity index (χ3n) is 2.38. The number of hydrogen-bond donors (Lipinski definition) is 1. The largest absolute Gasteiger partial charge is 0.452 e. The maximum atomic E-state index is 11.6. The predicted molar refractivity (Wildman–Crippen MR) is 84.4 cm³/mol. The van der Waals surface area contributed by atoms with Crippen LogP contribution < -0.4 is 5.32 Å². The van der Waals surface area contributed by atoms with Crippen molar-refractivity contribution in [1.82, 2.24) is 0 Å². The van der Waals surface area contributed by atoms with Crippen LogP contribution in [0.1, 0.15) is 4.88 Å². The molecule has 0 aliphatic heterocycles. The first kappa shape index (κ1) is 15.3. The Bertz CT molecular complexity index is 653. The number of thiophene rings is 1. The van der Waals surface area contributed by atoms with Gasteiger partial charge in [0.05, 0.1) is 0 Å². The van der Waals surface area contributed by atoms with E-state index in [0.29, 0.717) is 10.7 Å². The summed E-state index contributed by atoms with van der Waals surface area (Å²) in [7, 11) is 0. The summed E-state index contributed by atoms with van der Waals surface area (Å²) in [6.45, 7) is -0.347. The van der Waals surface area contributed by atoms with Crippen LogP contribution in [0, 0.1) is 0 Å². The molecule has 1 aromatic carbocycles. The highest BCUT2D eigenvalue weighted by molar-refractivity contribution is 7.10. The number of halogens is 1. The molecule has 0 atom stereocenters. The number of carbonyl (C=O) groups is 2. The molecule has 0 bridgehead atoms. The highest BCUT2D eigenvalue weighted by Crippen LogP contribution is 2.14. The smallest absolute Gasteiger partial charge is 0.331 e. The van der Waals surface area contributed by atoms with Gasteiger partial charge in [0.25, 0.3) is 5.91 Å². The zero-order valence-corrected chi connectivity index (χ0v) is 12.5. The van der Waals surface area contributed by atoms with Crippen molar-refractivity contribution in [3.05, 3.63) is 57.8 Å². The predicted octanol–water partition coefficient (Wildman–Crippen LogP) is 3.60. The molecule has 0 aliphatic carbocycles. The van der Waals surface area contributed by atoms with E-state index in [1.807, 2.05) is 17.5 Å². The zero-order chi connectivity index (χ0) is 15.1. The number of rotatable bonds is 5. The number of nitrogens with one attached hydrogen (secondary N) is 1. The van der Waals surface area contributed by atoms with E-state index >= 15 is 0 Å². The number of carbonyl (C=O) groups excluding carboxylic acids is 2. The average molecular weight is 322 g/mol. The van der Waals surface area contributed by atoms with Crippen LogP contribution in [-0.4, -0.2) is 18.5 Å². The molecule has 0 radical (unpaired) electrons. The standard InChI is InChI=1S/C15H12ClNO3S/c16-11-3-1-4-12(9-11)17-14(18)10-20-15(19)7-6-13-5-2-8-21-13/h1-9H,10H2,(H,17,18)/b7-6+. The van der Waals surface area contributed by atoms with Crippen molar-refractivity contribution in [1.29, 1.82) is 0 Å². The number of ether oxygens (including phenoxy) is 1. The minimum absolute atomic E-state index is 0.347. The van der Waals surface area contributed by atoms with Crippen LogP contribution in [0.2, 0.25) is 5.02 Å². The third-order valence-corrected chi connectivity index (χ3v) is 3.45. The van der Waals surface area contributed by atoms with Gasteiger partial charge in [0.2, 0.25) is 0 Å². The summed E-state index contributed by atoms with van der Waals surface area (Å²) in [6.07, 6.45) is 2.93. The van der Waals surface area contributed by atoms with Crippen LogP contribution in [0.4, 0.5) is 5.69 Å². The van der Waals surface area contributed by atoms with Gasteiger partial charge in [-0.15, -0.1) is 11.3 Å². The fourth-order valence-corrected chi connectivity index (χ4v) is 2.29. The maximum absolute atomic E-state index is 11.6. The van der Waals surface area contributed by atoms with E-state index in [2.05, 4.69) is 5.32 Å². The Hall–Kier alpha value is -2.11. The first-order valence-corrected chi connectivity index (χ1v) is 7.33. The average Bonchev–Trinajstić information content (AvgIpc) is 2.96. The second kappa shape index (κ2) is 7.61. The Morgan fingerprint density at radius 1 is 1.29 bits per heavy atom. The van der Waals surface area contributed by atoms with Gasteiger partial charge in [0.15, 0.2) is 6.61 Å². The second-order valence-corrected chi connectivity index (χ2v) is 5.43. The van der Waals surface area contributed by atoms with Gasteiger partial charge in [-0.3, -0.25) is 4.79 Å². The lowest BCUT2D eigenvalue weighted by Gasteiger charge is -2.05. The fraction of sp³-hybridized carbons (Fsp3) is 0.0667. The molecule has 0 unspecified atom stereocenters. The van der Waals surface area contributed by atoms with Gasteiger partial charge < -0.3 is 10.1 Å². The molecule has 0 saturated carbocycles. The second-order valence-electron chi connectivity index (χ2n) is 4.01. The summed E-state index contributed by atoms with van der Waals surface area (Å²) in [5.74, 6) is -0.986. The molecular weight excluding hydrogens is 310 g/mol. The molecule has 108 valence electrons. The normalized spacial score (nSPS) is 10.5. The molecular formula is C15H12ClNO3S. The van der Waals surface area contributed by atoms with Gasteiger partial charge in [-0.1, -0.05) is 23.7 Å². The van der Waals surface area contributed by atoms with E-state index < -0.39 is 11.9 Å². The molecule has 1 N–H and O–H groups in total. The Labute approximate surface area is 131 Å². The van der Waals surface area contributed by atoms with Crippen molar-refractivity contribution in [2.24, 2.45) is 0 Å². The fourth-order valence-electron chi connectivity index (χ4n) is 1.48. The Morgan fingerprint density at radius 3 is 2.86 bits per heavy atom. The van der Waals surface area contributed by atoms with Crippen LogP contribution in [0.15, 0.2) is 47.9 Å². The summed E-state index contributed by atoms with van der Waals surface area (Å²) < 4.78 is 4.84. The van der Waals surface area contributed by atoms with Crippen molar-refractivity contribution in [2.75, 3.05) is 11.9 Å². The molecule has 0 fully saturated rings. The summed E-state index contributed by atoms with van der Waals surface area (Å²) in [5.41, 5.74) is 0.553. The number of hydrogen-bond acceptors (Lipinski definition) is 4. The van der Waals surface area contributed by atoms with Crippen LogP contribution in [0.3, 0.4) is 0 Å². The lowest BCUT2D eigenvalue weighted by molar-refractivity contribution is -0.142. The molecule has 1 aromatic heterocycles. The summed E-state index contributed by atoms with van der Waals surface area (Å²) >= 11 is 7.31. The molecule has 1 amide bonds. The van der Waals surface area contributed by atoms with Gasteiger partial charge in [0.1, 0.15) is 0 Å². The summed E-state index contributed by atoms with van der Waals surface area (Å²) in [4.78, 5) is 24.0. The number of esters is 1. The van der Waals surface area contributed by atoms with Crippen LogP contribution in [0.5, 0.6) is 0 Å². The van der Waals surface area contributed by atoms with E-state index in [0.717, 1.165) is 4.88 Å². The zero-order valence-electron chi connectivity index (χ0n) is 10.9. The van der Waals surface area contributed by atoms with Crippen molar-refractivity contribution in [3.8, 4) is 0 Å². The monoisotopic (exact) mass is 321 g/mol. The van der Waals surface area contributed by atoms with Gasteiger partial charge in [-0.2, -0.15) is 0 Å². The van der Waals surface area contributed by atoms with Crippen LogP contribution >= 0.6 is 22.9 Å². The van der Waals surface area contributed by atoms with E-state index in [1.54, 1.807) is 30.3 Å². The molecule has 1 heterocycles. The van der Waals surface area contributed by atoms with Gasteiger partial charge in [-0.05, 0) is 35.7 Å². The maximum Gasteiger partial charge on any atom is 0.331 e. The first-order chi connectivity index (χ1) is 10.1. The van der Waals surface area contributed by atoms with Crippen molar-refractivity contribution < 1.29 is 14.3 Å². The minimum atomic E-state index is -0.565. The van der Waals surface area contributed by atoms with Crippen LogP contribution in [-0.2, 0) is 14.3 Å². The molecule has 6 heteroatoms. The Balaban J connectivity index is 1.77. The molecule has 0 aliphatic rings. The highest BCUT2D eigenvalue weighted by atomic mass is 35.5. The molecule has 2 aromatic rings. The molecule has 4 nitrogen and oxygen atoms in total. The summed E-state index contributed by atoms with van der Waals surface area (Å²) in [6, 6.07) is 10.5. The molecule has 0 spiro atoms. The van der Waals surface area contributed by atoms with Crippen molar-refractivity contribution in [3.63, 3.8) is 0 Å². The van der Waals surface area contributed by atoms with Gasteiger partial charge >= 0.3 is 5.97 Å². The minimum Gasteiger partial charge on any atom is -0.452 e. The topological polar surface area (TPSA) is 55.4 Å². The number of anilines is 1. The summed E-state index contributed by atoms with van der Waals surface area (Å²) in [5, 5.41) is 5.01. The lowest BCUT2D eigenvalue weighted by atomic mass is 10.3. The van der Waals surface area contributed by atoms with Gasteiger partial charge in [0, 0.05) is 21.7 Å². The van der Waals surface area contributed by atoms with E-state index in [9.17, 15) is 9.59 Å². The molecule has 0 saturated heterocycles. The van der Waals surface area contributed by atoms with Crippen molar-refractivity contribution >= 4 is 46.6 Å². The Kier molecular flexibility index (Phi) is 5.54. The SMILES string of the molecule is O=C(COC(=O)/C=C/c1cccs1)Nc1cccc(Cl)c1. The van der Waals surface area contributed by atoms with E-state index in [4.69, 9.17) is 16.3 Å². The number of benzene rings is 1. The Morgan fingerprint density at radius 2 is 2.14 bits per heavy atom. The highest BCUT2D eigenvalue weighted by Gasteiger charge is 2.06. The number of amides is 1. The quantitative estimate of drug-likeness (QED) is 0.676. The lowest BCUT2D eigenvalue weighted by Crippen LogP contribution is -2.20. The van der Waals surface area contributed by atoms with E-state index in [1.165, 1.54) is 17.4 Å². The molecule has 2 rings (SSSR count). The van der Waals surface area contributed by atoms with Crippen molar-refractivity contribution in [2.45, 2.75) is 0 Å². The first-order valence-electron chi connectivity index (χ1n) is 6.07. The van der Waals surface area contributed by atoms with Gasteiger partial charge in [-0.25, -0.2) is 4.79 Å².